The van der Waals surface area contributed by atoms with Crippen molar-refractivity contribution in [3.05, 3.63) is 81.3 Å². The molecule has 1 N–H and O–H groups in total. The lowest BCUT2D eigenvalue weighted by Gasteiger charge is -2.04. The van der Waals surface area contributed by atoms with Gasteiger partial charge in [-0.3, -0.25) is 4.79 Å². The molecule has 1 amide bonds. The predicted molar refractivity (Wildman–Crippen MR) is 110 cm³/mol. The van der Waals surface area contributed by atoms with Crippen molar-refractivity contribution >= 4 is 45.9 Å². The molecule has 2 aromatic heterocycles. The Kier molecular flexibility index (Phi) is 4.84. The largest absolute Gasteiger partial charge is 0.321 e. The summed E-state index contributed by atoms with van der Waals surface area (Å²) >= 11 is 8.76. The van der Waals surface area contributed by atoms with Gasteiger partial charge in [0.15, 0.2) is 0 Å². The van der Waals surface area contributed by atoms with Gasteiger partial charge in [0.2, 0.25) is 0 Å². The van der Waals surface area contributed by atoms with Crippen molar-refractivity contribution in [2.75, 3.05) is 5.32 Å². The average molecular weight is 397 g/mol. The van der Waals surface area contributed by atoms with E-state index in [2.05, 4.69) is 17.4 Å². The zero-order chi connectivity index (χ0) is 17.9. The van der Waals surface area contributed by atoms with E-state index in [4.69, 9.17) is 16.6 Å². The zero-order valence-electron chi connectivity index (χ0n) is 13.5. The number of rotatable bonds is 4. The molecule has 0 aliphatic heterocycles. The summed E-state index contributed by atoms with van der Waals surface area (Å²) < 4.78 is 0.600. The molecule has 3 nitrogen and oxygen atoms in total. The van der Waals surface area contributed by atoms with Gasteiger partial charge in [0.25, 0.3) is 5.91 Å². The van der Waals surface area contributed by atoms with Gasteiger partial charge in [-0.1, -0.05) is 54.1 Å². The number of carbonyl (C=O) groups is 1. The minimum absolute atomic E-state index is 0.158. The number of hydrogen-bond acceptors (Lipinski definition) is 4. The quantitative estimate of drug-likeness (QED) is 0.431. The molecule has 2 aromatic carbocycles. The maximum absolute atomic E-state index is 12.2. The Balaban J connectivity index is 1.49. The first-order valence-corrected chi connectivity index (χ1v) is 9.94. The maximum atomic E-state index is 12.2. The number of nitrogens with one attached hydrogen (secondary N) is 1. The third-order valence-corrected chi connectivity index (χ3v) is 5.88. The first kappa shape index (κ1) is 17.0. The molecule has 4 rings (SSSR count). The van der Waals surface area contributed by atoms with E-state index in [-0.39, 0.29) is 5.91 Å². The third-order valence-electron chi connectivity index (χ3n) is 3.76. The minimum Gasteiger partial charge on any atom is -0.321 e. The fourth-order valence-corrected chi connectivity index (χ4v) is 4.25. The second kappa shape index (κ2) is 7.41. The van der Waals surface area contributed by atoms with Crippen LogP contribution >= 0.6 is 34.3 Å². The minimum atomic E-state index is -0.158. The normalized spacial score (nSPS) is 10.7. The number of aromatic nitrogens is 1. The van der Waals surface area contributed by atoms with Crippen LogP contribution in [0.5, 0.6) is 0 Å². The molecule has 4 aromatic rings. The van der Waals surface area contributed by atoms with Crippen LogP contribution in [-0.2, 0) is 0 Å². The molecular formula is C20H13ClN2OS2. The molecule has 2 heterocycles. The Morgan fingerprint density at radius 2 is 1.69 bits per heavy atom. The molecule has 0 atom stereocenters. The summed E-state index contributed by atoms with van der Waals surface area (Å²) in [4.78, 5) is 17.5. The van der Waals surface area contributed by atoms with E-state index in [0.29, 0.717) is 9.21 Å². The van der Waals surface area contributed by atoms with Crippen molar-refractivity contribution in [3.8, 4) is 21.8 Å². The van der Waals surface area contributed by atoms with E-state index in [1.807, 2.05) is 47.8 Å². The van der Waals surface area contributed by atoms with Crippen LogP contribution < -0.4 is 5.32 Å². The summed E-state index contributed by atoms with van der Waals surface area (Å²) in [7, 11) is 0. The van der Waals surface area contributed by atoms with Gasteiger partial charge in [-0.05, 0) is 24.3 Å². The Morgan fingerprint density at radius 1 is 0.923 bits per heavy atom. The zero-order valence-corrected chi connectivity index (χ0v) is 15.9. The SMILES string of the molecule is O=C(Nc1ccc(-c2csc(-c3ccccc3)n2)cc1)c1ccc(Cl)s1. The van der Waals surface area contributed by atoms with Gasteiger partial charge < -0.3 is 5.32 Å². The van der Waals surface area contributed by atoms with E-state index < -0.39 is 0 Å². The van der Waals surface area contributed by atoms with Gasteiger partial charge in [0.05, 0.1) is 14.9 Å². The number of thiophene rings is 1. The van der Waals surface area contributed by atoms with Crippen LogP contribution in [-0.4, -0.2) is 10.9 Å². The fourth-order valence-electron chi connectivity index (χ4n) is 2.47. The van der Waals surface area contributed by atoms with Crippen LogP contribution in [0, 0.1) is 0 Å². The van der Waals surface area contributed by atoms with Gasteiger partial charge in [-0.15, -0.1) is 22.7 Å². The summed E-state index contributed by atoms with van der Waals surface area (Å²) in [6.45, 7) is 0. The van der Waals surface area contributed by atoms with Crippen molar-refractivity contribution in [2.45, 2.75) is 0 Å². The Labute approximate surface area is 163 Å². The van der Waals surface area contributed by atoms with Crippen molar-refractivity contribution in [1.29, 1.82) is 0 Å². The first-order chi connectivity index (χ1) is 12.7. The van der Waals surface area contributed by atoms with Gasteiger partial charge in [0, 0.05) is 22.2 Å². The van der Waals surface area contributed by atoms with E-state index >= 15 is 0 Å². The molecular weight excluding hydrogens is 384 g/mol. The maximum Gasteiger partial charge on any atom is 0.265 e. The third kappa shape index (κ3) is 3.70. The number of carbonyl (C=O) groups excluding carboxylic acids is 1. The highest BCUT2D eigenvalue weighted by atomic mass is 35.5. The first-order valence-electron chi connectivity index (χ1n) is 7.87. The standard InChI is InChI=1S/C20H13ClN2OS2/c21-18-11-10-17(26-18)19(24)22-15-8-6-13(7-9-15)16-12-25-20(23-16)14-4-2-1-3-5-14/h1-12H,(H,22,24). The number of halogens is 1. The Bertz CT molecular complexity index is 1040. The van der Waals surface area contributed by atoms with Crippen LogP contribution in [0.25, 0.3) is 21.8 Å². The molecule has 0 aliphatic rings. The number of nitrogens with zero attached hydrogens (tertiary/aromatic N) is 1. The van der Waals surface area contributed by atoms with Crippen LogP contribution in [0.15, 0.2) is 72.1 Å². The number of hydrogen-bond donors (Lipinski definition) is 1. The lowest BCUT2D eigenvalue weighted by molar-refractivity contribution is 0.103. The van der Waals surface area contributed by atoms with Crippen molar-refractivity contribution < 1.29 is 4.79 Å². The van der Waals surface area contributed by atoms with E-state index in [1.165, 1.54) is 11.3 Å². The highest BCUT2D eigenvalue weighted by Crippen LogP contribution is 2.29. The highest BCUT2D eigenvalue weighted by molar-refractivity contribution is 7.18. The van der Waals surface area contributed by atoms with E-state index in [9.17, 15) is 4.79 Å². The molecule has 0 bridgehead atoms. The number of anilines is 1. The average Bonchev–Trinajstić information content (AvgIpc) is 3.32. The highest BCUT2D eigenvalue weighted by Gasteiger charge is 2.10. The van der Waals surface area contributed by atoms with E-state index in [0.717, 1.165) is 27.5 Å². The van der Waals surface area contributed by atoms with Crippen LogP contribution in [0.3, 0.4) is 0 Å². The van der Waals surface area contributed by atoms with E-state index in [1.54, 1.807) is 23.5 Å². The van der Waals surface area contributed by atoms with Crippen LogP contribution in [0.4, 0.5) is 5.69 Å². The molecule has 0 saturated heterocycles. The van der Waals surface area contributed by atoms with Crippen LogP contribution in [0.1, 0.15) is 9.67 Å². The lowest BCUT2D eigenvalue weighted by atomic mass is 10.1. The molecule has 0 radical (unpaired) electrons. The molecule has 6 heteroatoms. The molecule has 26 heavy (non-hydrogen) atoms. The molecule has 0 unspecified atom stereocenters. The van der Waals surface area contributed by atoms with Gasteiger partial charge in [0.1, 0.15) is 5.01 Å². The van der Waals surface area contributed by atoms with Crippen molar-refractivity contribution in [2.24, 2.45) is 0 Å². The molecule has 0 spiro atoms. The summed E-state index contributed by atoms with van der Waals surface area (Å²) in [6, 6.07) is 21.2. The monoisotopic (exact) mass is 396 g/mol. The second-order valence-electron chi connectivity index (χ2n) is 5.54. The number of amides is 1. The summed E-state index contributed by atoms with van der Waals surface area (Å²) in [5, 5.41) is 5.91. The molecule has 0 saturated carbocycles. The smallest absolute Gasteiger partial charge is 0.265 e. The van der Waals surface area contributed by atoms with Crippen molar-refractivity contribution in [1.82, 2.24) is 4.98 Å². The molecule has 0 fully saturated rings. The van der Waals surface area contributed by atoms with Crippen LogP contribution in [0.2, 0.25) is 4.34 Å². The number of benzene rings is 2. The Hall–Kier alpha value is -2.47. The fraction of sp³-hybridized carbons (Fsp3) is 0. The Morgan fingerprint density at radius 3 is 2.38 bits per heavy atom. The summed E-state index contributed by atoms with van der Waals surface area (Å²) in [5.74, 6) is -0.158. The second-order valence-corrected chi connectivity index (χ2v) is 8.11. The topological polar surface area (TPSA) is 42.0 Å². The van der Waals surface area contributed by atoms with Gasteiger partial charge in [-0.25, -0.2) is 4.98 Å². The lowest BCUT2D eigenvalue weighted by Crippen LogP contribution is -2.09. The van der Waals surface area contributed by atoms with Gasteiger partial charge in [-0.2, -0.15) is 0 Å². The van der Waals surface area contributed by atoms with Gasteiger partial charge >= 0.3 is 0 Å². The molecule has 0 aliphatic carbocycles. The molecule has 128 valence electrons. The summed E-state index contributed by atoms with van der Waals surface area (Å²) in [6.07, 6.45) is 0. The predicted octanol–water partition coefficient (Wildman–Crippen LogP) is 6.44. The number of thiazole rings is 1. The summed E-state index contributed by atoms with van der Waals surface area (Å²) in [5.41, 5.74) is 3.79. The van der Waals surface area contributed by atoms with Crippen molar-refractivity contribution in [3.63, 3.8) is 0 Å².